The van der Waals surface area contributed by atoms with Gasteiger partial charge in [0.25, 0.3) is 0 Å². The molecule has 1 aliphatic rings. The topological polar surface area (TPSA) is 39.6 Å². The quantitative estimate of drug-likeness (QED) is 0.884. The van der Waals surface area contributed by atoms with Gasteiger partial charge in [0.15, 0.2) is 0 Å². The van der Waals surface area contributed by atoms with Gasteiger partial charge in [-0.05, 0) is 32.5 Å². The summed E-state index contributed by atoms with van der Waals surface area (Å²) in [6.07, 6.45) is 2.15. The maximum atomic E-state index is 9.73. The van der Waals surface area contributed by atoms with Crippen LogP contribution in [-0.2, 0) is 0 Å². The largest absolute Gasteiger partial charge is 0.387 e. The first-order chi connectivity index (χ1) is 8.61. The zero-order chi connectivity index (χ0) is 13.1. The van der Waals surface area contributed by atoms with Gasteiger partial charge in [0, 0.05) is 25.7 Å². The van der Waals surface area contributed by atoms with Crippen molar-refractivity contribution in [2.45, 2.75) is 32.4 Å². The zero-order valence-electron chi connectivity index (χ0n) is 11.5. The van der Waals surface area contributed by atoms with E-state index in [1.165, 1.54) is 0 Å². The van der Waals surface area contributed by atoms with Gasteiger partial charge >= 0.3 is 0 Å². The van der Waals surface area contributed by atoms with E-state index in [4.69, 9.17) is 0 Å². The Kier molecular flexibility index (Phi) is 4.19. The van der Waals surface area contributed by atoms with Gasteiger partial charge in [-0.15, -0.1) is 0 Å². The van der Waals surface area contributed by atoms with Crippen LogP contribution in [0.5, 0.6) is 0 Å². The fourth-order valence-electron chi connectivity index (χ4n) is 2.50. The van der Waals surface area contributed by atoms with Crippen molar-refractivity contribution in [3.63, 3.8) is 0 Å². The lowest BCUT2D eigenvalue weighted by molar-refractivity contribution is 0.169. The number of piperazine rings is 1. The smallest absolute Gasteiger partial charge is 0.0957 e. The van der Waals surface area contributed by atoms with Crippen molar-refractivity contribution in [1.29, 1.82) is 0 Å². The van der Waals surface area contributed by atoms with E-state index < -0.39 is 6.10 Å². The van der Waals surface area contributed by atoms with E-state index in [0.717, 1.165) is 31.0 Å². The van der Waals surface area contributed by atoms with E-state index >= 15 is 0 Å². The number of hydrogen-bond acceptors (Lipinski definition) is 4. The average molecular weight is 249 g/mol. The van der Waals surface area contributed by atoms with E-state index in [2.05, 4.69) is 34.8 Å². The molecule has 0 spiro atoms. The average Bonchev–Trinajstić information content (AvgIpc) is 2.38. The summed E-state index contributed by atoms with van der Waals surface area (Å²) < 4.78 is 0. The van der Waals surface area contributed by atoms with Gasteiger partial charge in [-0.2, -0.15) is 0 Å². The van der Waals surface area contributed by atoms with Crippen LogP contribution in [0.15, 0.2) is 18.3 Å². The highest BCUT2D eigenvalue weighted by molar-refractivity contribution is 5.46. The second-order valence-corrected chi connectivity index (χ2v) is 5.17. The minimum Gasteiger partial charge on any atom is -0.387 e. The second-order valence-electron chi connectivity index (χ2n) is 5.17. The number of anilines is 1. The summed E-state index contributed by atoms with van der Waals surface area (Å²) >= 11 is 0. The number of aliphatic hydroxyl groups is 1. The summed E-state index contributed by atoms with van der Waals surface area (Å²) in [5.41, 5.74) is 1.92. The molecule has 4 nitrogen and oxygen atoms in total. The number of likely N-dealkylation sites (N-methyl/N-ethyl adjacent to an activating group) is 1. The first-order valence-electron chi connectivity index (χ1n) is 6.71. The number of aliphatic hydroxyl groups excluding tert-OH is 1. The van der Waals surface area contributed by atoms with Crippen LogP contribution >= 0.6 is 0 Å². The summed E-state index contributed by atoms with van der Waals surface area (Å²) in [5, 5.41) is 9.73. The summed E-state index contributed by atoms with van der Waals surface area (Å²) in [6, 6.07) is 4.52. The molecule has 4 heteroatoms. The lowest BCUT2D eigenvalue weighted by Crippen LogP contribution is -2.50. The van der Waals surface area contributed by atoms with Gasteiger partial charge in [0.1, 0.15) is 0 Å². The Balaban J connectivity index is 2.09. The fraction of sp³-hybridized carbons (Fsp3) is 0.643. The normalized spacial score (nSPS) is 23.1. The molecule has 1 N–H and O–H groups in total. The Bertz CT molecular complexity index is 379. The predicted octanol–water partition coefficient (Wildman–Crippen LogP) is 1.67. The van der Waals surface area contributed by atoms with E-state index in [1.807, 2.05) is 19.2 Å². The Morgan fingerprint density at radius 1 is 1.44 bits per heavy atom. The molecule has 0 aromatic carbocycles. The first-order valence-corrected chi connectivity index (χ1v) is 6.71. The van der Waals surface area contributed by atoms with Crippen molar-refractivity contribution in [1.82, 2.24) is 9.88 Å². The predicted molar refractivity (Wildman–Crippen MR) is 73.8 cm³/mol. The summed E-state index contributed by atoms with van der Waals surface area (Å²) in [7, 11) is 2.16. The second kappa shape index (κ2) is 5.67. The van der Waals surface area contributed by atoms with Gasteiger partial charge in [0.05, 0.1) is 23.7 Å². The molecule has 0 saturated carbocycles. The van der Waals surface area contributed by atoms with Crippen LogP contribution in [0.25, 0.3) is 0 Å². The molecular formula is C14H23N3O. The third-order valence-electron chi connectivity index (χ3n) is 3.66. The summed E-state index contributed by atoms with van der Waals surface area (Å²) in [6.45, 7) is 7.41. The highest BCUT2D eigenvalue weighted by Crippen LogP contribution is 2.21. The minimum atomic E-state index is -0.441. The molecule has 1 aromatic heterocycles. The van der Waals surface area contributed by atoms with Gasteiger partial charge < -0.3 is 14.9 Å². The highest BCUT2D eigenvalue weighted by Gasteiger charge is 2.21. The molecule has 18 heavy (non-hydrogen) atoms. The molecule has 0 bridgehead atoms. The summed E-state index contributed by atoms with van der Waals surface area (Å²) in [5.74, 6) is 0. The third kappa shape index (κ3) is 2.82. The molecule has 1 saturated heterocycles. The molecule has 0 amide bonds. The molecule has 100 valence electrons. The lowest BCUT2D eigenvalue weighted by atomic mass is 10.1. The Hall–Kier alpha value is -1.13. The molecule has 1 aromatic rings. The van der Waals surface area contributed by atoms with Gasteiger partial charge in [-0.25, -0.2) is 0 Å². The number of nitrogens with zero attached hydrogens (tertiary/aromatic N) is 3. The monoisotopic (exact) mass is 249 g/mol. The van der Waals surface area contributed by atoms with Gasteiger partial charge in [-0.3, -0.25) is 4.98 Å². The molecule has 0 radical (unpaired) electrons. The number of rotatable bonds is 3. The van der Waals surface area contributed by atoms with Crippen LogP contribution in [0.3, 0.4) is 0 Å². The van der Waals surface area contributed by atoms with E-state index in [9.17, 15) is 5.11 Å². The van der Waals surface area contributed by atoms with Crippen LogP contribution in [-0.4, -0.2) is 47.7 Å². The standard InChI is InChI=1S/C14H23N3O/c1-4-14(18)13-6-5-12(9-15-13)17-8-7-16(3)10-11(17)2/h5-6,9,11,14,18H,4,7-8,10H2,1-3H3. The molecule has 2 heterocycles. The first kappa shape index (κ1) is 13.3. The Morgan fingerprint density at radius 3 is 2.78 bits per heavy atom. The van der Waals surface area contributed by atoms with Gasteiger partial charge in [-0.1, -0.05) is 6.92 Å². The van der Waals surface area contributed by atoms with E-state index in [-0.39, 0.29) is 0 Å². The summed E-state index contributed by atoms with van der Waals surface area (Å²) in [4.78, 5) is 9.11. The van der Waals surface area contributed by atoms with Crippen molar-refractivity contribution >= 4 is 5.69 Å². The lowest BCUT2D eigenvalue weighted by Gasteiger charge is -2.39. The molecule has 0 aliphatic carbocycles. The fourth-order valence-corrected chi connectivity index (χ4v) is 2.50. The zero-order valence-corrected chi connectivity index (χ0v) is 11.5. The third-order valence-corrected chi connectivity index (χ3v) is 3.66. The highest BCUT2D eigenvalue weighted by atomic mass is 16.3. The molecule has 1 fully saturated rings. The minimum absolute atomic E-state index is 0.441. The van der Waals surface area contributed by atoms with E-state index in [1.54, 1.807) is 0 Å². The molecular weight excluding hydrogens is 226 g/mol. The molecule has 2 atom stereocenters. The van der Waals surface area contributed by atoms with Crippen molar-refractivity contribution in [2.24, 2.45) is 0 Å². The number of hydrogen-bond donors (Lipinski definition) is 1. The SMILES string of the molecule is CCC(O)c1ccc(N2CCN(C)CC2C)cn1. The van der Waals surface area contributed by atoms with Crippen LogP contribution in [0.4, 0.5) is 5.69 Å². The van der Waals surface area contributed by atoms with E-state index in [0.29, 0.717) is 12.5 Å². The Morgan fingerprint density at radius 2 is 2.22 bits per heavy atom. The van der Waals surface area contributed by atoms with Crippen LogP contribution in [0.1, 0.15) is 32.1 Å². The molecule has 1 aliphatic heterocycles. The van der Waals surface area contributed by atoms with Crippen LogP contribution in [0, 0.1) is 0 Å². The maximum absolute atomic E-state index is 9.73. The van der Waals surface area contributed by atoms with Crippen molar-refractivity contribution in [3.8, 4) is 0 Å². The molecule has 2 rings (SSSR count). The van der Waals surface area contributed by atoms with Crippen molar-refractivity contribution in [3.05, 3.63) is 24.0 Å². The van der Waals surface area contributed by atoms with Crippen LogP contribution in [0.2, 0.25) is 0 Å². The number of pyridine rings is 1. The Labute approximate surface area is 109 Å². The van der Waals surface area contributed by atoms with Crippen molar-refractivity contribution < 1.29 is 5.11 Å². The van der Waals surface area contributed by atoms with Crippen LogP contribution < -0.4 is 4.90 Å². The van der Waals surface area contributed by atoms with Gasteiger partial charge in [0.2, 0.25) is 0 Å². The molecule has 2 unspecified atom stereocenters. The number of aromatic nitrogens is 1. The maximum Gasteiger partial charge on any atom is 0.0957 e. The van der Waals surface area contributed by atoms with Crippen molar-refractivity contribution in [2.75, 3.05) is 31.6 Å².